The van der Waals surface area contributed by atoms with Crippen LogP contribution in [0, 0.1) is 0 Å². The fourth-order valence-electron chi connectivity index (χ4n) is 3.75. The lowest BCUT2D eigenvalue weighted by Gasteiger charge is -2.18. The molecular formula is C34H56NO10P. The number of hydrogen-bond acceptors (Lipinski definition) is 8. The van der Waals surface area contributed by atoms with E-state index in [0.717, 1.165) is 64.2 Å². The summed E-state index contributed by atoms with van der Waals surface area (Å²) in [6, 6.07) is -1.55. The number of amides is 1. The van der Waals surface area contributed by atoms with Crippen LogP contribution in [0.4, 0.5) is 0 Å². The van der Waals surface area contributed by atoms with Crippen LogP contribution in [0.15, 0.2) is 60.8 Å². The number of phosphoric acid groups is 1. The number of aliphatic hydroxyl groups is 1. The molecule has 0 spiro atoms. The minimum atomic E-state index is -4.74. The summed E-state index contributed by atoms with van der Waals surface area (Å²) in [5, 5.41) is 21.4. The first-order chi connectivity index (χ1) is 22.1. The molecular weight excluding hydrogens is 613 g/mol. The Bertz CT molecular complexity index is 1020. The average molecular weight is 670 g/mol. The van der Waals surface area contributed by atoms with Crippen LogP contribution in [0.25, 0.3) is 0 Å². The first kappa shape index (κ1) is 43.2. The van der Waals surface area contributed by atoms with Crippen LogP contribution < -0.4 is 5.32 Å². The third kappa shape index (κ3) is 28.6. The number of carbonyl (C=O) groups is 3. The molecule has 12 heteroatoms. The highest BCUT2D eigenvalue weighted by atomic mass is 31.2. The number of phosphoric ester groups is 1. The van der Waals surface area contributed by atoms with Crippen molar-refractivity contribution in [2.45, 2.75) is 116 Å². The summed E-state index contributed by atoms with van der Waals surface area (Å²) in [4.78, 5) is 44.9. The minimum Gasteiger partial charge on any atom is -0.480 e. The quantitative estimate of drug-likeness (QED) is 0.0285. The van der Waals surface area contributed by atoms with Crippen molar-refractivity contribution in [3.8, 4) is 0 Å². The van der Waals surface area contributed by atoms with E-state index in [1.54, 1.807) is 0 Å². The Hall–Kier alpha value is -2.82. The molecule has 0 fully saturated rings. The SMILES string of the molecule is CC/C=C\C/C=C\C/C=C\C/C=C\C/C=C\CCCCCC(=O)OCC(O)COP(=O)(O)OCC(NC(=O)CCCCC)C(=O)O. The molecule has 0 bridgehead atoms. The second-order valence-electron chi connectivity index (χ2n) is 10.6. The van der Waals surface area contributed by atoms with E-state index in [-0.39, 0.29) is 12.8 Å². The van der Waals surface area contributed by atoms with Gasteiger partial charge in [-0.15, -0.1) is 0 Å². The van der Waals surface area contributed by atoms with Crippen molar-refractivity contribution in [2.75, 3.05) is 19.8 Å². The monoisotopic (exact) mass is 669 g/mol. The lowest BCUT2D eigenvalue weighted by atomic mass is 10.1. The zero-order valence-electron chi connectivity index (χ0n) is 27.6. The van der Waals surface area contributed by atoms with E-state index in [1.807, 2.05) is 6.92 Å². The van der Waals surface area contributed by atoms with E-state index in [2.05, 4.69) is 82.0 Å². The molecule has 1 amide bonds. The molecule has 4 N–H and O–H groups in total. The van der Waals surface area contributed by atoms with Gasteiger partial charge in [-0.2, -0.15) is 0 Å². The summed E-state index contributed by atoms with van der Waals surface area (Å²) in [5.41, 5.74) is 0. The van der Waals surface area contributed by atoms with Crippen LogP contribution >= 0.6 is 7.82 Å². The Balaban J connectivity index is 3.95. The average Bonchev–Trinajstić information content (AvgIpc) is 3.02. The number of aliphatic carboxylic acids is 1. The predicted molar refractivity (Wildman–Crippen MR) is 180 cm³/mol. The summed E-state index contributed by atoms with van der Waals surface area (Å²) in [7, 11) is -4.74. The lowest BCUT2D eigenvalue weighted by Crippen LogP contribution is -2.43. The van der Waals surface area contributed by atoms with E-state index in [9.17, 15) is 34.1 Å². The third-order valence-electron chi connectivity index (χ3n) is 6.32. The van der Waals surface area contributed by atoms with Gasteiger partial charge in [0.2, 0.25) is 5.91 Å². The summed E-state index contributed by atoms with van der Waals surface area (Å²) >= 11 is 0. The Morgan fingerprint density at radius 2 is 1.26 bits per heavy atom. The smallest absolute Gasteiger partial charge is 0.472 e. The van der Waals surface area contributed by atoms with E-state index >= 15 is 0 Å². The van der Waals surface area contributed by atoms with Gasteiger partial charge >= 0.3 is 19.8 Å². The van der Waals surface area contributed by atoms with Crippen molar-refractivity contribution in [1.82, 2.24) is 5.32 Å². The highest BCUT2D eigenvalue weighted by Crippen LogP contribution is 2.43. The van der Waals surface area contributed by atoms with Gasteiger partial charge in [-0.3, -0.25) is 18.6 Å². The Morgan fingerprint density at radius 1 is 0.717 bits per heavy atom. The van der Waals surface area contributed by atoms with Gasteiger partial charge in [-0.1, -0.05) is 93.9 Å². The van der Waals surface area contributed by atoms with Gasteiger partial charge in [-0.25, -0.2) is 9.36 Å². The summed E-state index contributed by atoms with van der Waals surface area (Å²) in [6.45, 7) is 2.15. The van der Waals surface area contributed by atoms with Crippen molar-refractivity contribution < 1.29 is 47.8 Å². The molecule has 0 radical (unpaired) electrons. The molecule has 0 rings (SSSR count). The molecule has 0 aliphatic heterocycles. The van der Waals surface area contributed by atoms with Gasteiger partial charge in [0.25, 0.3) is 0 Å². The number of unbranched alkanes of at least 4 members (excludes halogenated alkanes) is 5. The standard InChI is InChI=1S/C34H56NO10P/c1-3-5-7-8-9-10-11-12-13-14-15-16-17-18-19-20-21-22-24-26-33(38)43-27-30(36)28-44-46(41,42)45-29-31(34(39)40)35-32(37)25-23-6-4-2/h5,7,9-10,12-13,15-16,18-19,30-31,36H,3-4,6,8,11,14,17,20-29H2,1-2H3,(H,35,37)(H,39,40)(H,41,42)/b7-5-,10-9-,13-12-,16-15-,19-18-. The number of nitrogens with one attached hydrogen (secondary N) is 1. The molecule has 0 aliphatic rings. The number of rotatable bonds is 29. The van der Waals surface area contributed by atoms with Crippen molar-refractivity contribution in [2.24, 2.45) is 0 Å². The van der Waals surface area contributed by atoms with Crippen LogP contribution in [0.2, 0.25) is 0 Å². The molecule has 46 heavy (non-hydrogen) atoms. The maximum Gasteiger partial charge on any atom is 0.472 e. The molecule has 0 aliphatic carbocycles. The zero-order valence-corrected chi connectivity index (χ0v) is 28.5. The summed E-state index contributed by atoms with van der Waals surface area (Å²) in [6.07, 6.45) is 30.9. The highest BCUT2D eigenvalue weighted by Gasteiger charge is 2.28. The van der Waals surface area contributed by atoms with Gasteiger partial charge in [0.05, 0.1) is 13.2 Å². The Labute approximate surface area is 275 Å². The Morgan fingerprint density at radius 3 is 1.83 bits per heavy atom. The molecule has 3 unspecified atom stereocenters. The highest BCUT2D eigenvalue weighted by molar-refractivity contribution is 7.47. The fraction of sp³-hybridized carbons (Fsp3) is 0.618. The molecule has 0 saturated carbocycles. The number of carboxylic acid groups (broad SMARTS) is 1. The summed E-state index contributed by atoms with van der Waals surface area (Å²) < 4.78 is 26.4. The van der Waals surface area contributed by atoms with Gasteiger partial charge in [0, 0.05) is 12.8 Å². The van der Waals surface area contributed by atoms with Crippen LogP contribution in [-0.4, -0.2) is 64.9 Å². The maximum atomic E-state index is 12.1. The number of hydrogen-bond donors (Lipinski definition) is 4. The van der Waals surface area contributed by atoms with Gasteiger partial charge in [0.15, 0.2) is 6.04 Å². The largest absolute Gasteiger partial charge is 0.480 e. The van der Waals surface area contributed by atoms with Crippen molar-refractivity contribution in [3.05, 3.63) is 60.8 Å². The first-order valence-corrected chi connectivity index (χ1v) is 17.8. The van der Waals surface area contributed by atoms with Crippen LogP contribution in [-0.2, 0) is 32.7 Å². The van der Waals surface area contributed by atoms with Gasteiger partial charge in [0.1, 0.15) is 12.7 Å². The molecule has 0 aromatic carbocycles. The number of ether oxygens (including phenoxy) is 1. The first-order valence-electron chi connectivity index (χ1n) is 16.3. The number of carbonyl (C=O) groups excluding carboxylic acids is 2. The normalized spacial score (nSPS) is 14.9. The molecule has 11 nitrogen and oxygen atoms in total. The van der Waals surface area contributed by atoms with E-state index in [1.165, 1.54) is 0 Å². The van der Waals surface area contributed by atoms with Crippen LogP contribution in [0.5, 0.6) is 0 Å². The Kier molecular flexibility index (Phi) is 27.8. The van der Waals surface area contributed by atoms with E-state index < -0.39 is 57.6 Å². The molecule has 3 atom stereocenters. The number of carboxylic acids is 1. The fourth-order valence-corrected chi connectivity index (χ4v) is 4.52. The van der Waals surface area contributed by atoms with Gasteiger partial charge < -0.3 is 25.2 Å². The van der Waals surface area contributed by atoms with Crippen molar-refractivity contribution in [1.29, 1.82) is 0 Å². The lowest BCUT2D eigenvalue weighted by molar-refractivity contribution is -0.147. The second-order valence-corrected chi connectivity index (χ2v) is 12.1. The van der Waals surface area contributed by atoms with Crippen LogP contribution in [0.1, 0.15) is 104 Å². The molecule has 0 saturated heterocycles. The van der Waals surface area contributed by atoms with E-state index in [0.29, 0.717) is 12.8 Å². The topological polar surface area (TPSA) is 169 Å². The zero-order chi connectivity index (χ0) is 34.3. The molecule has 262 valence electrons. The molecule has 0 aromatic heterocycles. The van der Waals surface area contributed by atoms with Crippen LogP contribution in [0.3, 0.4) is 0 Å². The maximum absolute atomic E-state index is 12.1. The minimum absolute atomic E-state index is 0.126. The molecule has 0 heterocycles. The van der Waals surface area contributed by atoms with Crippen molar-refractivity contribution >= 4 is 25.7 Å². The van der Waals surface area contributed by atoms with E-state index in [4.69, 9.17) is 4.74 Å². The number of allylic oxidation sites excluding steroid dienone is 10. The predicted octanol–water partition coefficient (Wildman–Crippen LogP) is 6.88. The number of aliphatic hydroxyl groups excluding tert-OH is 1. The third-order valence-corrected chi connectivity index (χ3v) is 7.27. The molecule has 0 aromatic rings. The summed E-state index contributed by atoms with van der Waals surface area (Å²) in [5.74, 6) is -2.46. The number of esters is 1. The van der Waals surface area contributed by atoms with Gasteiger partial charge in [-0.05, 0) is 57.8 Å². The second kappa shape index (κ2) is 29.6. The van der Waals surface area contributed by atoms with Crippen molar-refractivity contribution in [3.63, 3.8) is 0 Å².